The normalized spacial score (nSPS) is 17.6. The number of aryl methyl sites for hydroxylation is 1. The van der Waals surface area contributed by atoms with Crippen LogP contribution in [0.5, 0.6) is 0 Å². The first kappa shape index (κ1) is 19.7. The molecule has 0 bridgehead atoms. The summed E-state index contributed by atoms with van der Waals surface area (Å²) in [6, 6.07) is 8.20. The van der Waals surface area contributed by atoms with E-state index in [-0.39, 0.29) is 11.8 Å². The van der Waals surface area contributed by atoms with E-state index >= 15 is 0 Å². The van der Waals surface area contributed by atoms with Gasteiger partial charge in [0.25, 0.3) is 0 Å². The lowest BCUT2D eigenvalue weighted by atomic mass is 9.97. The van der Waals surface area contributed by atoms with Crippen molar-refractivity contribution >= 4 is 22.9 Å². The van der Waals surface area contributed by atoms with Crippen LogP contribution in [0.25, 0.3) is 11.0 Å². The molecule has 1 saturated heterocycles. The van der Waals surface area contributed by atoms with Crippen LogP contribution in [0.4, 0.5) is 5.95 Å². The third kappa shape index (κ3) is 4.61. The van der Waals surface area contributed by atoms with Crippen LogP contribution in [0.1, 0.15) is 33.1 Å². The summed E-state index contributed by atoms with van der Waals surface area (Å²) in [5.74, 6) is 1.21. The summed E-state index contributed by atoms with van der Waals surface area (Å²) in [5, 5.41) is 3.15. The average Bonchev–Trinajstić information content (AvgIpc) is 3.05. The highest BCUT2D eigenvalue weighted by Crippen LogP contribution is 2.25. The zero-order chi connectivity index (χ0) is 19.2. The molecular formula is C21H33N5O. The number of aromatic nitrogens is 2. The van der Waals surface area contributed by atoms with E-state index in [2.05, 4.69) is 46.6 Å². The zero-order valence-corrected chi connectivity index (χ0v) is 16.9. The van der Waals surface area contributed by atoms with E-state index in [0.717, 1.165) is 75.5 Å². The van der Waals surface area contributed by atoms with E-state index in [0.29, 0.717) is 0 Å². The van der Waals surface area contributed by atoms with Gasteiger partial charge in [0.1, 0.15) is 0 Å². The van der Waals surface area contributed by atoms with E-state index in [1.165, 1.54) is 0 Å². The predicted molar refractivity (Wildman–Crippen MR) is 111 cm³/mol. The van der Waals surface area contributed by atoms with E-state index in [9.17, 15) is 4.79 Å². The Morgan fingerprint density at radius 3 is 2.81 bits per heavy atom. The van der Waals surface area contributed by atoms with Crippen molar-refractivity contribution in [2.24, 2.45) is 13.0 Å². The molecule has 1 aromatic carbocycles. The van der Waals surface area contributed by atoms with E-state index < -0.39 is 0 Å². The second kappa shape index (κ2) is 9.22. The number of hydrogen-bond acceptors (Lipinski definition) is 4. The molecule has 148 valence electrons. The molecule has 1 N–H and O–H groups in total. The number of imidazole rings is 1. The Morgan fingerprint density at radius 2 is 2.07 bits per heavy atom. The van der Waals surface area contributed by atoms with Gasteiger partial charge in [0.05, 0.1) is 17.0 Å². The van der Waals surface area contributed by atoms with Gasteiger partial charge >= 0.3 is 0 Å². The summed E-state index contributed by atoms with van der Waals surface area (Å²) in [6.45, 7) is 10.0. The number of fused-ring (bicyclic) bond motifs is 1. The number of piperidine rings is 1. The number of carbonyl (C=O) groups is 1. The minimum atomic E-state index is 0.0482. The van der Waals surface area contributed by atoms with Crippen LogP contribution in [-0.4, -0.2) is 59.6 Å². The van der Waals surface area contributed by atoms with Crippen LogP contribution in [0.2, 0.25) is 0 Å². The number of nitrogens with one attached hydrogen (secondary N) is 1. The number of amides is 1. The largest absolute Gasteiger partial charge is 0.356 e. The molecule has 2 aromatic rings. The van der Waals surface area contributed by atoms with Gasteiger partial charge in [-0.1, -0.05) is 26.0 Å². The van der Waals surface area contributed by atoms with E-state index in [4.69, 9.17) is 4.98 Å². The van der Waals surface area contributed by atoms with Crippen LogP contribution in [-0.2, 0) is 11.8 Å². The quantitative estimate of drug-likeness (QED) is 0.725. The highest BCUT2D eigenvalue weighted by molar-refractivity contribution is 5.81. The maximum absolute atomic E-state index is 12.6. The Labute approximate surface area is 162 Å². The first-order valence-corrected chi connectivity index (χ1v) is 10.3. The predicted octanol–water partition coefficient (Wildman–Crippen LogP) is 2.64. The molecule has 6 nitrogen and oxygen atoms in total. The summed E-state index contributed by atoms with van der Waals surface area (Å²) >= 11 is 0. The lowest BCUT2D eigenvalue weighted by molar-refractivity contribution is -0.125. The summed E-state index contributed by atoms with van der Waals surface area (Å²) in [7, 11) is 2.06. The molecule has 0 radical (unpaired) electrons. The monoisotopic (exact) mass is 371 g/mol. The highest BCUT2D eigenvalue weighted by atomic mass is 16.1. The van der Waals surface area contributed by atoms with Crippen molar-refractivity contribution in [3.8, 4) is 0 Å². The number of nitrogens with zero attached hydrogens (tertiary/aromatic N) is 4. The van der Waals surface area contributed by atoms with Crippen molar-refractivity contribution in [3.63, 3.8) is 0 Å². The van der Waals surface area contributed by atoms with Crippen molar-refractivity contribution in [2.75, 3.05) is 44.2 Å². The standard InChI is InChI=1S/C21H33N5O/c1-4-25(5-2)14-9-13-22-20(27)17-10-8-15-26(16-17)21-23-18-11-6-7-12-19(18)24(21)3/h6-7,11-12,17H,4-5,8-10,13-16H2,1-3H3,(H,22,27)/t17-/m1/s1. The molecule has 3 rings (SSSR count). The molecule has 27 heavy (non-hydrogen) atoms. The molecule has 1 amide bonds. The molecule has 1 aliphatic rings. The van der Waals surface area contributed by atoms with Crippen molar-refractivity contribution < 1.29 is 4.79 Å². The molecule has 0 spiro atoms. The lowest BCUT2D eigenvalue weighted by Crippen LogP contribution is -2.44. The summed E-state index contributed by atoms with van der Waals surface area (Å²) in [4.78, 5) is 22.1. The second-order valence-corrected chi connectivity index (χ2v) is 7.42. The van der Waals surface area contributed by atoms with Gasteiger partial charge in [0.2, 0.25) is 11.9 Å². The number of carbonyl (C=O) groups excluding carboxylic acids is 1. The molecule has 1 aliphatic heterocycles. The SMILES string of the molecule is CCN(CC)CCCNC(=O)[C@@H]1CCCN(c2nc3ccccc3n2C)C1. The Hall–Kier alpha value is -2.08. The Balaban J connectivity index is 1.55. The van der Waals surface area contributed by atoms with Gasteiger partial charge in [-0.2, -0.15) is 0 Å². The molecule has 1 atom stereocenters. The fraction of sp³-hybridized carbons (Fsp3) is 0.619. The van der Waals surface area contributed by atoms with Crippen LogP contribution in [0.3, 0.4) is 0 Å². The van der Waals surface area contributed by atoms with E-state index in [1.807, 2.05) is 18.2 Å². The maximum atomic E-state index is 12.6. The zero-order valence-electron chi connectivity index (χ0n) is 16.9. The lowest BCUT2D eigenvalue weighted by Gasteiger charge is -2.32. The minimum absolute atomic E-state index is 0.0482. The van der Waals surface area contributed by atoms with Crippen molar-refractivity contribution in [2.45, 2.75) is 33.1 Å². The first-order valence-electron chi connectivity index (χ1n) is 10.3. The highest BCUT2D eigenvalue weighted by Gasteiger charge is 2.28. The van der Waals surface area contributed by atoms with Crippen LogP contribution >= 0.6 is 0 Å². The van der Waals surface area contributed by atoms with Gasteiger partial charge in [-0.25, -0.2) is 4.98 Å². The minimum Gasteiger partial charge on any atom is -0.356 e. The topological polar surface area (TPSA) is 53.4 Å². The van der Waals surface area contributed by atoms with Gasteiger partial charge < -0.3 is 19.7 Å². The van der Waals surface area contributed by atoms with Gasteiger partial charge in [-0.3, -0.25) is 4.79 Å². The summed E-state index contributed by atoms with van der Waals surface area (Å²) < 4.78 is 2.14. The molecule has 0 aliphatic carbocycles. The Kier molecular flexibility index (Phi) is 6.72. The molecule has 6 heteroatoms. The van der Waals surface area contributed by atoms with Crippen molar-refractivity contribution in [1.29, 1.82) is 0 Å². The summed E-state index contributed by atoms with van der Waals surface area (Å²) in [5.41, 5.74) is 2.15. The third-order valence-electron chi connectivity index (χ3n) is 5.68. The smallest absolute Gasteiger partial charge is 0.224 e. The van der Waals surface area contributed by atoms with E-state index in [1.54, 1.807) is 0 Å². The number of anilines is 1. The first-order chi connectivity index (χ1) is 13.1. The third-order valence-corrected chi connectivity index (χ3v) is 5.68. The fourth-order valence-corrected chi connectivity index (χ4v) is 3.99. The van der Waals surface area contributed by atoms with Crippen molar-refractivity contribution in [3.05, 3.63) is 24.3 Å². The number of benzene rings is 1. The summed E-state index contributed by atoms with van der Waals surface area (Å²) in [6.07, 6.45) is 3.00. The van der Waals surface area contributed by atoms with Crippen molar-refractivity contribution in [1.82, 2.24) is 19.8 Å². The fourth-order valence-electron chi connectivity index (χ4n) is 3.99. The average molecular weight is 372 g/mol. The number of rotatable bonds is 8. The molecule has 1 fully saturated rings. The van der Waals surface area contributed by atoms with Crippen LogP contribution < -0.4 is 10.2 Å². The molecule has 0 unspecified atom stereocenters. The van der Waals surface area contributed by atoms with Crippen LogP contribution in [0, 0.1) is 5.92 Å². The van der Waals surface area contributed by atoms with Gasteiger partial charge in [0.15, 0.2) is 0 Å². The molecular weight excluding hydrogens is 338 g/mol. The number of hydrogen-bond donors (Lipinski definition) is 1. The molecule has 1 aromatic heterocycles. The second-order valence-electron chi connectivity index (χ2n) is 7.42. The maximum Gasteiger partial charge on any atom is 0.224 e. The van der Waals surface area contributed by atoms with Crippen LogP contribution in [0.15, 0.2) is 24.3 Å². The Morgan fingerprint density at radius 1 is 1.30 bits per heavy atom. The Bertz CT molecular complexity index is 752. The molecule has 2 heterocycles. The number of para-hydroxylation sites is 2. The van der Waals surface area contributed by atoms with Gasteiger partial charge in [-0.05, 0) is 51.0 Å². The van der Waals surface area contributed by atoms with Gasteiger partial charge in [0, 0.05) is 26.7 Å². The molecule has 0 saturated carbocycles. The van der Waals surface area contributed by atoms with Gasteiger partial charge in [-0.15, -0.1) is 0 Å².